The lowest BCUT2D eigenvalue weighted by molar-refractivity contribution is -0.0830. The van der Waals surface area contributed by atoms with Crippen molar-refractivity contribution in [3.05, 3.63) is 0 Å². The lowest BCUT2D eigenvalue weighted by Gasteiger charge is -2.25. The number of nitrogens with two attached hydrogens (primary N) is 1. The second kappa shape index (κ2) is 4.70. The Morgan fingerprint density at radius 3 is 2.45 bits per heavy atom. The molecular formula is C8H17NO2. The van der Waals surface area contributed by atoms with E-state index in [1.807, 2.05) is 0 Å². The molecule has 0 unspecified atom stereocenters. The Balaban J connectivity index is 2.07. The third kappa shape index (κ3) is 3.18. The van der Waals surface area contributed by atoms with Gasteiger partial charge in [-0.15, -0.1) is 0 Å². The average molecular weight is 159 g/mol. The molecule has 66 valence electrons. The summed E-state index contributed by atoms with van der Waals surface area (Å²) in [6, 6.07) is 0.400. The molecule has 0 aromatic rings. The van der Waals surface area contributed by atoms with Crippen molar-refractivity contribution in [2.24, 2.45) is 5.73 Å². The van der Waals surface area contributed by atoms with Crippen molar-refractivity contribution in [2.75, 3.05) is 13.9 Å². The van der Waals surface area contributed by atoms with E-state index in [9.17, 15) is 0 Å². The third-order valence-corrected chi connectivity index (χ3v) is 2.14. The van der Waals surface area contributed by atoms with Crippen LogP contribution in [0.25, 0.3) is 0 Å². The molecule has 1 saturated carbocycles. The van der Waals surface area contributed by atoms with Crippen LogP contribution in [-0.4, -0.2) is 26.0 Å². The first kappa shape index (κ1) is 8.97. The number of rotatable bonds is 3. The first-order chi connectivity index (χ1) is 5.33. The van der Waals surface area contributed by atoms with Crippen LogP contribution in [0.4, 0.5) is 0 Å². The van der Waals surface area contributed by atoms with Gasteiger partial charge in [0.1, 0.15) is 6.79 Å². The predicted molar refractivity (Wildman–Crippen MR) is 43.2 cm³/mol. The van der Waals surface area contributed by atoms with E-state index in [1.165, 1.54) is 0 Å². The topological polar surface area (TPSA) is 44.5 Å². The molecule has 1 fully saturated rings. The number of ether oxygens (including phenoxy) is 2. The minimum absolute atomic E-state index is 0.384. The van der Waals surface area contributed by atoms with Gasteiger partial charge >= 0.3 is 0 Å². The highest BCUT2D eigenvalue weighted by atomic mass is 16.7. The van der Waals surface area contributed by atoms with Crippen LogP contribution < -0.4 is 5.73 Å². The zero-order valence-corrected chi connectivity index (χ0v) is 7.08. The van der Waals surface area contributed by atoms with Crippen LogP contribution in [0.3, 0.4) is 0 Å². The number of hydrogen-bond donors (Lipinski definition) is 1. The van der Waals surface area contributed by atoms with Gasteiger partial charge in [0.05, 0.1) is 6.10 Å². The monoisotopic (exact) mass is 159 g/mol. The highest BCUT2D eigenvalue weighted by molar-refractivity contribution is 4.73. The second-order valence-corrected chi connectivity index (χ2v) is 3.11. The van der Waals surface area contributed by atoms with Gasteiger partial charge in [0.15, 0.2) is 0 Å². The fraction of sp³-hybridized carbons (Fsp3) is 1.00. The SMILES string of the molecule is COCO[C@H]1CC[C@H](N)CC1. The Morgan fingerprint density at radius 2 is 1.91 bits per heavy atom. The van der Waals surface area contributed by atoms with E-state index in [4.69, 9.17) is 15.2 Å². The molecule has 0 saturated heterocycles. The van der Waals surface area contributed by atoms with Gasteiger partial charge in [-0.05, 0) is 25.7 Å². The van der Waals surface area contributed by atoms with E-state index in [-0.39, 0.29) is 0 Å². The minimum Gasteiger partial charge on any atom is -0.359 e. The maximum atomic E-state index is 5.74. The lowest BCUT2D eigenvalue weighted by Crippen LogP contribution is -2.30. The molecule has 0 atom stereocenters. The van der Waals surface area contributed by atoms with Gasteiger partial charge in [-0.25, -0.2) is 0 Å². The van der Waals surface area contributed by atoms with E-state index in [0.717, 1.165) is 25.7 Å². The largest absolute Gasteiger partial charge is 0.359 e. The Bertz CT molecular complexity index is 97.5. The van der Waals surface area contributed by atoms with Crippen LogP contribution in [-0.2, 0) is 9.47 Å². The van der Waals surface area contributed by atoms with Gasteiger partial charge in [0.2, 0.25) is 0 Å². The minimum atomic E-state index is 0.384. The Kier molecular flexibility index (Phi) is 3.83. The lowest BCUT2D eigenvalue weighted by atomic mass is 9.94. The van der Waals surface area contributed by atoms with Crippen LogP contribution in [0.1, 0.15) is 25.7 Å². The van der Waals surface area contributed by atoms with Gasteiger partial charge in [-0.3, -0.25) is 0 Å². The smallest absolute Gasteiger partial charge is 0.146 e. The zero-order chi connectivity index (χ0) is 8.10. The Labute approximate surface area is 67.9 Å². The predicted octanol–water partition coefficient (Wildman–Crippen LogP) is 0.877. The summed E-state index contributed by atoms with van der Waals surface area (Å²) in [4.78, 5) is 0. The molecule has 0 spiro atoms. The highest BCUT2D eigenvalue weighted by Gasteiger charge is 2.18. The van der Waals surface area contributed by atoms with Crippen molar-refractivity contribution in [1.82, 2.24) is 0 Å². The summed E-state index contributed by atoms with van der Waals surface area (Å²) in [7, 11) is 1.65. The zero-order valence-electron chi connectivity index (χ0n) is 7.08. The van der Waals surface area contributed by atoms with Crippen LogP contribution in [0.2, 0.25) is 0 Å². The first-order valence-electron chi connectivity index (χ1n) is 4.19. The molecule has 1 rings (SSSR count). The first-order valence-corrected chi connectivity index (χ1v) is 4.19. The van der Waals surface area contributed by atoms with E-state index in [2.05, 4.69) is 0 Å². The van der Waals surface area contributed by atoms with E-state index < -0.39 is 0 Å². The molecular weight excluding hydrogens is 142 g/mol. The van der Waals surface area contributed by atoms with E-state index in [0.29, 0.717) is 18.9 Å². The maximum Gasteiger partial charge on any atom is 0.146 e. The van der Waals surface area contributed by atoms with Gasteiger partial charge in [0.25, 0.3) is 0 Å². The summed E-state index contributed by atoms with van der Waals surface area (Å²) < 4.78 is 10.2. The summed E-state index contributed by atoms with van der Waals surface area (Å²) in [5.74, 6) is 0. The molecule has 11 heavy (non-hydrogen) atoms. The van der Waals surface area contributed by atoms with Gasteiger partial charge in [-0.1, -0.05) is 0 Å². The Morgan fingerprint density at radius 1 is 1.27 bits per heavy atom. The molecule has 0 amide bonds. The van der Waals surface area contributed by atoms with Crippen LogP contribution in [0.5, 0.6) is 0 Å². The molecule has 0 aromatic heterocycles. The molecule has 0 radical (unpaired) electrons. The molecule has 0 aromatic carbocycles. The van der Waals surface area contributed by atoms with Gasteiger partial charge in [-0.2, -0.15) is 0 Å². The molecule has 3 heteroatoms. The van der Waals surface area contributed by atoms with Crippen molar-refractivity contribution in [2.45, 2.75) is 37.8 Å². The normalized spacial score (nSPS) is 32.2. The molecule has 3 nitrogen and oxygen atoms in total. The fourth-order valence-corrected chi connectivity index (χ4v) is 1.42. The van der Waals surface area contributed by atoms with E-state index >= 15 is 0 Å². The van der Waals surface area contributed by atoms with Crippen LogP contribution in [0, 0.1) is 0 Å². The van der Waals surface area contributed by atoms with Gasteiger partial charge in [0, 0.05) is 13.2 Å². The molecule has 1 aliphatic rings. The summed E-state index contributed by atoms with van der Waals surface area (Å²) in [5, 5.41) is 0. The second-order valence-electron chi connectivity index (χ2n) is 3.11. The third-order valence-electron chi connectivity index (χ3n) is 2.14. The van der Waals surface area contributed by atoms with E-state index in [1.54, 1.807) is 7.11 Å². The summed E-state index contributed by atoms with van der Waals surface area (Å²) >= 11 is 0. The Hall–Kier alpha value is -0.120. The average Bonchev–Trinajstić information content (AvgIpc) is 2.04. The maximum absolute atomic E-state index is 5.74. The van der Waals surface area contributed by atoms with Crippen LogP contribution >= 0.6 is 0 Å². The summed E-state index contributed by atoms with van der Waals surface area (Å²) in [6.07, 6.45) is 4.74. The fourth-order valence-electron chi connectivity index (χ4n) is 1.42. The van der Waals surface area contributed by atoms with Crippen molar-refractivity contribution in [1.29, 1.82) is 0 Å². The molecule has 0 aliphatic heterocycles. The summed E-state index contributed by atoms with van der Waals surface area (Å²) in [6.45, 7) is 0.417. The summed E-state index contributed by atoms with van der Waals surface area (Å²) in [5.41, 5.74) is 5.74. The molecule has 1 aliphatic carbocycles. The van der Waals surface area contributed by atoms with Crippen molar-refractivity contribution >= 4 is 0 Å². The van der Waals surface area contributed by atoms with Crippen LogP contribution in [0.15, 0.2) is 0 Å². The van der Waals surface area contributed by atoms with Crippen molar-refractivity contribution < 1.29 is 9.47 Å². The van der Waals surface area contributed by atoms with Crippen molar-refractivity contribution in [3.63, 3.8) is 0 Å². The molecule has 2 N–H and O–H groups in total. The van der Waals surface area contributed by atoms with Crippen molar-refractivity contribution in [3.8, 4) is 0 Å². The van der Waals surface area contributed by atoms with Gasteiger partial charge < -0.3 is 15.2 Å². The number of methoxy groups -OCH3 is 1. The standard InChI is InChI=1S/C8H17NO2/c1-10-6-11-8-4-2-7(9)3-5-8/h7-8H,2-6,9H2,1H3/t7-,8-. The number of hydrogen-bond acceptors (Lipinski definition) is 3. The quantitative estimate of drug-likeness (QED) is 0.622. The highest BCUT2D eigenvalue weighted by Crippen LogP contribution is 2.19. The molecule has 0 bridgehead atoms. The molecule has 0 heterocycles.